The van der Waals surface area contributed by atoms with Crippen molar-refractivity contribution in [2.45, 2.75) is 37.3 Å². The van der Waals surface area contributed by atoms with E-state index in [4.69, 9.17) is 14.2 Å². The summed E-state index contributed by atoms with van der Waals surface area (Å²) in [5.74, 6) is 0.345. The fourth-order valence-electron chi connectivity index (χ4n) is 2.90. The summed E-state index contributed by atoms with van der Waals surface area (Å²) in [5, 5.41) is 38.4. The molecule has 8 heteroatoms. The van der Waals surface area contributed by atoms with E-state index in [9.17, 15) is 25.2 Å². The van der Waals surface area contributed by atoms with Crippen molar-refractivity contribution >= 4 is 5.78 Å². The smallest absolute Gasteiger partial charge is 0.188 e. The van der Waals surface area contributed by atoms with Gasteiger partial charge >= 0.3 is 0 Å². The maximum absolute atomic E-state index is 12.2. The molecular weight excluding hydrogens is 380 g/mol. The minimum absolute atomic E-state index is 0.230. The average Bonchev–Trinajstić information content (AvgIpc) is 2.75. The molecular formula is C21H24O8. The highest BCUT2D eigenvalue weighted by Crippen LogP contribution is 2.20. The molecule has 1 saturated heterocycles. The molecule has 5 atom stereocenters. The molecule has 0 spiro atoms. The predicted molar refractivity (Wildman–Crippen MR) is 101 cm³/mol. The Kier molecular flexibility index (Phi) is 7.32. The summed E-state index contributed by atoms with van der Waals surface area (Å²) >= 11 is 0. The zero-order valence-corrected chi connectivity index (χ0v) is 15.6. The van der Waals surface area contributed by atoms with E-state index in [1.807, 2.05) is 30.3 Å². The van der Waals surface area contributed by atoms with Crippen LogP contribution in [0.1, 0.15) is 15.9 Å². The number of rotatable bonds is 8. The minimum Gasteiger partial charge on any atom is -0.489 e. The van der Waals surface area contributed by atoms with Gasteiger partial charge in [0.2, 0.25) is 0 Å². The van der Waals surface area contributed by atoms with Crippen molar-refractivity contribution in [1.29, 1.82) is 0 Å². The number of aliphatic hydroxyl groups is 4. The standard InChI is InChI=1S/C21H24O8/c22-16(11-27-12-17-18(23)19(24)20(25)21(26)29-17)14-6-8-15(9-7-14)28-10-13-4-2-1-3-5-13/h1-9,17-21,23-26H,10-12H2/t17-,18+,19+,20-,21-/m1/s1. The Labute approximate surface area is 167 Å². The summed E-state index contributed by atoms with van der Waals surface area (Å²) in [6.07, 6.45) is -7.31. The van der Waals surface area contributed by atoms with Gasteiger partial charge in [0.25, 0.3) is 0 Å². The highest BCUT2D eigenvalue weighted by Gasteiger charge is 2.43. The van der Waals surface area contributed by atoms with Gasteiger partial charge in [-0.05, 0) is 29.8 Å². The number of hydrogen-bond acceptors (Lipinski definition) is 8. The van der Waals surface area contributed by atoms with Crippen LogP contribution in [-0.2, 0) is 16.1 Å². The zero-order valence-electron chi connectivity index (χ0n) is 15.6. The van der Waals surface area contributed by atoms with Crippen molar-refractivity contribution in [3.05, 3.63) is 65.7 Å². The van der Waals surface area contributed by atoms with Gasteiger partial charge in [-0.2, -0.15) is 0 Å². The maximum atomic E-state index is 12.2. The van der Waals surface area contributed by atoms with E-state index < -0.39 is 30.7 Å². The predicted octanol–water partition coefficient (Wildman–Crippen LogP) is 0.265. The number of Topliss-reactive ketones (excluding diaryl/α,β-unsaturated/α-hetero) is 1. The monoisotopic (exact) mass is 404 g/mol. The Balaban J connectivity index is 1.45. The van der Waals surface area contributed by atoms with Gasteiger partial charge in [-0.3, -0.25) is 4.79 Å². The lowest BCUT2D eigenvalue weighted by Crippen LogP contribution is -2.58. The molecule has 4 N–H and O–H groups in total. The van der Waals surface area contributed by atoms with Crippen LogP contribution in [0.25, 0.3) is 0 Å². The summed E-state index contributed by atoms with van der Waals surface area (Å²) in [5.41, 5.74) is 1.47. The molecule has 1 aliphatic rings. The van der Waals surface area contributed by atoms with E-state index in [1.54, 1.807) is 24.3 Å². The van der Waals surface area contributed by atoms with Gasteiger partial charge in [-0.1, -0.05) is 30.3 Å². The molecule has 29 heavy (non-hydrogen) atoms. The average molecular weight is 404 g/mol. The van der Waals surface area contributed by atoms with Crippen LogP contribution in [0.3, 0.4) is 0 Å². The van der Waals surface area contributed by atoms with Gasteiger partial charge in [-0.15, -0.1) is 0 Å². The number of hydrogen-bond donors (Lipinski definition) is 4. The van der Waals surface area contributed by atoms with E-state index in [0.29, 0.717) is 17.9 Å². The van der Waals surface area contributed by atoms with Gasteiger partial charge < -0.3 is 34.6 Å². The lowest BCUT2D eigenvalue weighted by atomic mass is 9.99. The van der Waals surface area contributed by atoms with Gasteiger partial charge in [0.15, 0.2) is 12.1 Å². The van der Waals surface area contributed by atoms with Gasteiger partial charge in [0, 0.05) is 5.56 Å². The molecule has 0 bridgehead atoms. The highest BCUT2D eigenvalue weighted by molar-refractivity contribution is 5.97. The Hall–Kier alpha value is -2.33. The van der Waals surface area contributed by atoms with Crippen molar-refractivity contribution in [2.75, 3.05) is 13.2 Å². The lowest BCUT2D eigenvalue weighted by molar-refractivity contribution is -0.288. The number of ether oxygens (including phenoxy) is 3. The lowest BCUT2D eigenvalue weighted by Gasteiger charge is -2.38. The summed E-state index contributed by atoms with van der Waals surface area (Å²) in [7, 11) is 0. The Bertz CT molecular complexity index is 779. The highest BCUT2D eigenvalue weighted by atomic mass is 16.6. The number of benzene rings is 2. The van der Waals surface area contributed by atoms with E-state index in [-0.39, 0.29) is 19.0 Å². The van der Waals surface area contributed by atoms with Crippen LogP contribution in [0.2, 0.25) is 0 Å². The first-order chi connectivity index (χ1) is 14.0. The molecule has 0 amide bonds. The molecule has 0 saturated carbocycles. The van der Waals surface area contributed by atoms with Crippen LogP contribution in [0.5, 0.6) is 5.75 Å². The number of carbonyl (C=O) groups is 1. The minimum atomic E-state index is -1.64. The van der Waals surface area contributed by atoms with Gasteiger partial charge in [-0.25, -0.2) is 0 Å². The second-order valence-corrected chi connectivity index (χ2v) is 6.77. The normalized spacial score (nSPS) is 26.8. The van der Waals surface area contributed by atoms with Crippen LogP contribution in [0.15, 0.2) is 54.6 Å². The largest absolute Gasteiger partial charge is 0.489 e. The first-order valence-electron chi connectivity index (χ1n) is 9.21. The number of ketones is 1. The van der Waals surface area contributed by atoms with E-state index >= 15 is 0 Å². The van der Waals surface area contributed by atoms with Crippen molar-refractivity contribution in [2.24, 2.45) is 0 Å². The fourth-order valence-corrected chi connectivity index (χ4v) is 2.90. The van der Waals surface area contributed by atoms with Crippen LogP contribution in [0.4, 0.5) is 0 Å². The second kappa shape index (κ2) is 9.93. The molecule has 0 radical (unpaired) electrons. The summed E-state index contributed by atoms with van der Waals surface area (Å²) in [6, 6.07) is 16.4. The number of carbonyl (C=O) groups excluding carboxylic acids is 1. The first kappa shape index (κ1) is 21.4. The third kappa shape index (κ3) is 5.60. The molecule has 8 nitrogen and oxygen atoms in total. The molecule has 1 fully saturated rings. The molecule has 156 valence electrons. The van der Waals surface area contributed by atoms with Crippen LogP contribution in [-0.4, -0.2) is 70.1 Å². The third-order valence-corrected chi connectivity index (χ3v) is 4.63. The number of aliphatic hydroxyl groups excluding tert-OH is 4. The summed E-state index contributed by atoms with van der Waals surface area (Å²) < 4.78 is 15.9. The summed E-state index contributed by atoms with van der Waals surface area (Å²) in [4.78, 5) is 12.2. The SMILES string of the molecule is O=C(COC[C@H]1O[C@@H](O)[C@H](O)[C@@H](O)[C@H]1O)c1ccc(OCc2ccccc2)cc1. The maximum Gasteiger partial charge on any atom is 0.188 e. The third-order valence-electron chi connectivity index (χ3n) is 4.63. The van der Waals surface area contributed by atoms with Crippen LogP contribution >= 0.6 is 0 Å². The van der Waals surface area contributed by atoms with Crippen LogP contribution < -0.4 is 4.74 Å². The van der Waals surface area contributed by atoms with Crippen molar-refractivity contribution in [3.8, 4) is 5.75 Å². The van der Waals surface area contributed by atoms with Crippen molar-refractivity contribution in [1.82, 2.24) is 0 Å². The zero-order chi connectivity index (χ0) is 20.8. The Morgan fingerprint density at radius 2 is 1.59 bits per heavy atom. The Morgan fingerprint density at radius 1 is 0.897 bits per heavy atom. The Morgan fingerprint density at radius 3 is 2.28 bits per heavy atom. The van der Waals surface area contributed by atoms with Crippen molar-refractivity contribution < 1.29 is 39.4 Å². The van der Waals surface area contributed by atoms with E-state index in [2.05, 4.69) is 0 Å². The van der Waals surface area contributed by atoms with E-state index in [0.717, 1.165) is 5.56 Å². The van der Waals surface area contributed by atoms with Crippen molar-refractivity contribution in [3.63, 3.8) is 0 Å². The second-order valence-electron chi connectivity index (χ2n) is 6.77. The summed E-state index contributed by atoms with van der Waals surface area (Å²) in [6.45, 7) is -0.0785. The first-order valence-corrected chi connectivity index (χ1v) is 9.21. The fraction of sp³-hybridized carbons (Fsp3) is 0.381. The van der Waals surface area contributed by atoms with Crippen LogP contribution in [0, 0.1) is 0 Å². The topological polar surface area (TPSA) is 126 Å². The molecule has 0 aliphatic carbocycles. The quantitative estimate of drug-likeness (QED) is 0.462. The molecule has 0 unspecified atom stereocenters. The molecule has 0 aromatic heterocycles. The van der Waals surface area contributed by atoms with Gasteiger partial charge in [0.1, 0.15) is 43.4 Å². The molecule has 1 heterocycles. The molecule has 2 aromatic rings. The van der Waals surface area contributed by atoms with E-state index in [1.165, 1.54) is 0 Å². The molecule has 3 rings (SSSR count). The molecule has 1 aliphatic heterocycles. The molecule has 2 aromatic carbocycles. The van der Waals surface area contributed by atoms with Gasteiger partial charge in [0.05, 0.1) is 6.61 Å².